The van der Waals surface area contributed by atoms with Gasteiger partial charge in [-0.25, -0.2) is 0 Å². The number of benzene rings is 1. The number of rotatable bonds is 6. The first-order chi connectivity index (χ1) is 12.3. The molecule has 2 aromatic heterocycles. The summed E-state index contributed by atoms with van der Waals surface area (Å²) >= 11 is 0. The molecule has 1 N–H and O–H groups in total. The molecule has 0 aliphatic rings. The van der Waals surface area contributed by atoms with Gasteiger partial charge in [-0.3, -0.25) is 14.8 Å². The highest BCUT2D eigenvalue weighted by molar-refractivity contribution is 5.94. The molecule has 5 heteroatoms. The number of amides is 1. The van der Waals surface area contributed by atoms with Crippen molar-refractivity contribution in [2.45, 2.75) is 6.42 Å². The van der Waals surface area contributed by atoms with Gasteiger partial charge < -0.3 is 10.1 Å². The zero-order chi connectivity index (χ0) is 17.5. The van der Waals surface area contributed by atoms with Crippen LogP contribution >= 0.6 is 0 Å². The van der Waals surface area contributed by atoms with E-state index in [1.54, 1.807) is 31.6 Å². The Hall–Kier alpha value is -3.21. The van der Waals surface area contributed by atoms with Crippen molar-refractivity contribution in [3.63, 3.8) is 0 Å². The van der Waals surface area contributed by atoms with Crippen molar-refractivity contribution in [1.29, 1.82) is 0 Å². The minimum Gasteiger partial charge on any atom is -0.496 e. The first-order valence-electron chi connectivity index (χ1n) is 8.05. The molecule has 0 saturated carbocycles. The Balaban J connectivity index is 1.58. The summed E-state index contributed by atoms with van der Waals surface area (Å²) in [6.07, 6.45) is 3.99. The van der Waals surface area contributed by atoms with E-state index in [-0.39, 0.29) is 5.91 Å². The number of para-hydroxylation sites is 1. The average molecular weight is 333 g/mol. The Kier molecular flexibility index (Phi) is 5.36. The van der Waals surface area contributed by atoms with E-state index in [1.807, 2.05) is 42.5 Å². The third-order valence-electron chi connectivity index (χ3n) is 3.83. The standard InChI is InChI=1S/C20H19N3O2/c1-25-19-8-3-2-6-15(19)11-13-22-20(24)16-9-10-18(23-14-16)17-7-4-5-12-21-17/h2-10,12,14H,11,13H2,1H3,(H,22,24). The molecule has 3 aromatic rings. The maximum Gasteiger partial charge on any atom is 0.252 e. The monoisotopic (exact) mass is 333 g/mol. The van der Waals surface area contributed by atoms with Gasteiger partial charge in [-0.2, -0.15) is 0 Å². The van der Waals surface area contributed by atoms with Gasteiger partial charge >= 0.3 is 0 Å². The van der Waals surface area contributed by atoms with Gasteiger partial charge in [0, 0.05) is 18.9 Å². The number of carbonyl (C=O) groups is 1. The van der Waals surface area contributed by atoms with Crippen LogP contribution in [0.1, 0.15) is 15.9 Å². The molecular formula is C20H19N3O2. The lowest BCUT2D eigenvalue weighted by Crippen LogP contribution is -2.25. The molecule has 0 aliphatic heterocycles. The number of pyridine rings is 2. The van der Waals surface area contributed by atoms with Crippen LogP contribution in [0.3, 0.4) is 0 Å². The second-order valence-electron chi connectivity index (χ2n) is 5.46. The van der Waals surface area contributed by atoms with Crippen molar-refractivity contribution < 1.29 is 9.53 Å². The fourth-order valence-corrected chi connectivity index (χ4v) is 2.52. The lowest BCUT2D eigenvalue weighted by atomic mass is 10.1. The maximum atomic E-state index is 12.2. The number of nitrogens with zero attached hydrogens (tertiary/aromatic N) is 2. The molecule has 3 rings (SSSR count). The molecule has 1 aromatic carbocycles. The predicted octanol–water partition coefficient (Wildman–Crippen LogP) is 3.12. The largest absolute Gasteiger partial charge is 0.496 e. The topological polar surface area (TPSA) is 64.1 Å². The van der Waals surface area contributed by atoms with Gasteiger partial charge in [0.25, 0.3) is 5.91 Å². The molecule has 0 fully saturated rings. The van der Waals surface area contributed by atoms with Crippen LogP contribution in [0.5, 0.6) is 5.75 Å². The van der Waals surface area contributed by atoms with Crippen molar-refractivity contribution in [3.8, 4) is 17.1 Å². The lowest BCUT2D eigenvalue weighted by molar-refractivity contribution is 0.0953. The Labute approximate surface area is 146 Å². The molecule has 0 aliphatic carbocycles. The Morgan fingerprint density at radius 3 is 2.52 bits per heavy atom. The highest BCUT2D eigenvalue weighted by atomic mass is 16.5. The van der Waals surface area contributed by atoms with E-state index in [2.05, 4.69) is 15.3 Å². The molecule has 0 saturated heterocycles. The van der Waals surface area contributed by atoms with Crippen LogP contribution in [0.25, 0.3) is 11.4 Å². The molecule has 2 heterocycles. The summed E-state index contributed by atoms with van der Waals surface area (Å²) in [6, 6.07) is 17.0. The fourth-order valence-electron chi connectivity index (χ4n) is 2.52. The number of ether oxygens (including phenoxy) is 1. The van der Waals surface area contributed by atoms with Crippen LogP contribution in [-0.2, 0) is 6.42 Å². The normalized spacial score (nSPS) is 10.3. The van der Waals surface area contributed by atoms with Gasteiger partial charge in [0.2, 0.25) is 0 Å². The third kappa shape index (κ3) is 4.20. The van der Waals surface area contributed by atoms with Gasteiger partial charge in [0.1, 0.15) is 5.75 Å². The van der Waals surface area contributed by atoms with E-state index >= 15 is 0 Å². The minimum atomic E-state index is -0.144. The first kappa shape index (κ1) is 16.6. The van der Waals surface area contributed by atoms with E-state index in [4.69, 9.17) is 4.74 Å². The molecule has 0 unspecified atom stereocenters. The summed E-state index contributed by atoms with van der Waals surface area (Å²) in [4.78, 5) is 20.8. The van der Waals surface area contributed by atoms with Crippen molar-refractivity contribution in [1.82, 2.24) is 15.3 Å². The van der Waals surface area contributed by atoms with E-state index in [9.17, 15) is 4.79 Å². The molecule has 0 radical (unpaired) electrons. The van der Waals surface area contributed by atoms with Gasteiger partial charge in [0.15, 0.2) is 0 Å². The second kappa shape index (κ2) is 8.06. The van der Waals surface area contributed by atoms with Gasteiger partial charge in [-0.15, -0.1) is 0 Å². The SMILES string of the molecule is COc1ccccc1CCNC(=O)c1ccc(-c2ccccn2)nc1. The summed E-state index contributed by atoms with van der Waals surface area (Å²) in [5.74, 6) is 0.688. The fraction of sp³-hybridized carbons (Fsp3) is 0.150. The van der Waals surface area contributed by atoms with Crippen molar-refractivity contribution >= 4 is 5.91 Å². The number of methoxy groups -OCH3 is 1. The molecule has 0 spiro atoms. The number of hydrogen-bond donors (Lipinski definition) is 1. The average Bonchev–Trinajstić information content (AvgIpc) is 2.69. The molecule has 0 bridgehead atoms. The van der Waals surface area contributed by atoms with Crippen molar-refractivity contribution in [3.05, 3.63) is 78.1 Å². The van der Waals surface area contributed by atoms with Gasteiger partial charge in [0.05, 0.1) is 24.1 Å². The molecule has 1 amide bonds. The lowest BCUT2D eigenvalue weighted by Gasteiger charge is -2.09. The quantitative estimate of drug-likeness (QED) is 0.753. The van der Waals surface area contributed by atoms with Gasteiger partial charge in [-0.05, 0) is 42.3 Å². The molecule has 126 valence electrons. The summed E-state index contributed by atoms with van der Waals surface area (Å²) in [5.41, 5.74) is 3.12. The number of nitrogens with one attached hydrogen (secondary N) is 1. The van der Waals surface area contributed by atoms with E-state index in [0.29, 0.717) is 18.5 Å². The number of hydrogen-bond acceptors (Lipinski definition) is 4. The van der Waals surface area contributed by atoms with E-state index in [0.717, 1.165) is 22.7 Å². The number of carbonyl (C=O) groups excluding carboxylic acids is 1. The Morgan fingerprint density at radius 2 is 1.80 bits per heavy atom. The molecular weight excluding hydrogens is 314 g/mol. The summed E-state index contributed by atoms with van der Waals surface area (Å²) in [7, 11) is 1.65. The van der Waals surface area contributed by atoms with Gasteiger partial charge in [-0.1, -0.05) is 24.3 Å². The highest BCUT2D eigenvalue weighted by Gasteiger charge is 2.08. The summed E-state index contributed by atoms with van der Waals surface area (Å²) < 4.78 is 5.31. The third-order valence-corrected chi connectivity index (χ3v) is 3.83. The zero-order valence-electron chi connectivity index (χ0n) is 14.0. The second-order valence-corrected chi connectivity index (χ2v) is 5.46. The van der Waals surface area contributed by atoms with Crippen LogP contribution < -0.4 is 10.1 Å². The van der Waals surface area contributed by atoms with Crippen LogP contribution in [0.15, 0.2) is 67.0 Å². The maximum absolute atomic E-state index is 12.2. The zero-order valence-corrected chi connectivity index (χ0v) is 14.0. The summed E-state index contributed by atoms with van der Waals surface area (Å²) in [6.45, 7) is 0.529. The van der Waals surface area contributed by atoms with Crippen molar-refractivity contribution in [2.75, 3.05) is 13.7 Å². The highest BCUT2D eigenvalue weighted by Crippen LogP contribution is 2.17. The van der Waals surface area contributed by atoms with E-state index in [1.165, 1.54) is 0 Å². The van der Waals surface area contributed by atoms with E-state index < -0.39 is 0 Å². The molecule has 5 nitrogen and oxygen atoms in total. The van der Waals surface area contributed by atoms with Crippen molar-refractivity contribution in [2.24, 2.45) is 0 Å². The Bertz CT molecular complexity index is 833. The predicted molar refractivity (Wildman–Crippen MR) is 96.5 cm³/mol. The number of aromatic nitrogens is 2. The Morgan fingerprint density at radius 1 is 1.00 bits per heavy atom. The summed E-state index contributed by atoms with van der Waals surface area (Å²) in [5, 5.41) is 2.91. The minimum absolute atomic E-state index is 0.144. The van der Waals surface area contributed by atoms with Crippen LogP contribution in [0.2, 0.25) is 0 Å². The van der Waals surface area contributed by atoms with Crippen LogP contribution in [0.4, 0.5) is 0 Å². The van der Waals surface area contributed by atoms with Crippen LogP contribution in [0, 0.1) is 0 Å². The molecule has 25 heavy (non-hydrogen) atoms. The molecule has 0 atom stereocenters. The smallest absolute Gasteiger partial charge is 0.252 e. The van der Waals surface area contributed by atoms with Crippen LogP contribution in [-0.4, -0.2) is 29.5 Å². The first-order valence-corrected chi connectivity index (χ1v) is 8.05.